The fraction of sp³-hybridized carbons (Fsp3) is 0.562. The summed E-state index contributed by atoms with van der Waals surface area (Å²) >= 11 is 0. The van der Waals surface area contributed by atoms with Gasteiger partial charge in [0.05, 0.1) is 6.61 Å². The maximum Gasteiger partial charge on any atom is 0.260 e. The highest BCUT2D eigenvalue weighted by Crippen LogP contribution is 2.21. The van der Waals surface area contributed by atoms with Crippen LogP contribution in [0.25, 0.3) is 0 Å². The normalized spacial score (nSPS) is 15.9. The number of carbonyl (C=O) groups is 1. The number of hydrogen-bond acceptors (Lipinski definition) is 3. The van der Waals surface area contributed by atoms with Crippen molar-refractivity contribution >= 4 is 5.91 Å². The van der Waals surface area contributed by atoms with Gasteiger partial charge < -0.3 is 14.7 Å². The first-order valence-electron chi connectivity index (χ1n) is 7.29. The van der Waals surface area contributed by atoms with Crippen LogP contribution in [0, 0.1) is 0 Å². The molecule has 4 nitrogen and oxygen atoms in total. The lowest BCUT2D eigenvalue weighted by atomic mass is 9.94. The molecular formula is C16H23NO3. The predicted molar refractivity (Wildman–Crippen MR) is 77.5 cm³/mol. The van der Waals surface area contributed by atoms with Crippen molar-refractivity contribution in [2.45, 2.75) is 44.8 Å². The number of hydrogen-bond donors (Lipinski definition) is 1. The SMILES string of the molecule is CN(C(=O)COc1ccc(CO)cc1)C1CCCCC1. The summed E-state index contributed by atoms with van der Waals surface area (Å²) in [4.78, 5) is 13.9. The van der Waals surface area contributed by atoms with E-state index in [2.05, 4.69) is 0 Å². The van der Waals surface area contributed by atoms with Crippen LogP contribution in [0.3, 0.4) is 0 Å². The van der Waals surface area contributed by atoms with Gasteiger partial charge in [0, 0.05) is 13.1 Å². The number of nitrogens with zero attached hydrogens (tertiary/aromatic N) is 1. The Hall–Kier alpha value is -1.55. The Morgan fingerprint density at radius 2 is 1.90 bits per heavy atom. The van der Waals surface area contributed by atoms with Crippen molar-refractivity contribution in [2.24, 2.45) is 0 Å². The number of benzene rings is 1. The second-order valence-electron chi connectivity index (χ2n) is 5.39. The van der Waals surface area contributed by atoms with E-state index in [-0.39, 0.29) is 19.1 Å². The van der Waals surface area contributed by atoms with Crippen molar-refractivity contribution in [1.82, 2.24) is 4.90 Å². The largest absolute Gasteiger partial charge is 0.484 e. The quantitative estimate of drug-likeness (QED) is 0.898. The van der Waals surface area contributed by atoms with Crippen molar-refractivity contribution in [2.75, 3.05) is 13.7 Å². The molecule has 1 aliphatic rings. The van der Waals surface area contributed by atoms with Gasteiger partial charge in [-0.05, 0) is 30.5 Å². The number of ether oxygens (including phenoxy) is 1. The van der Waals surface area contributed by atoms with E-state index in [1.54, 1.807) is 24.3 Å². The molecule has 1 aliphatic carbocycles. The Morgan fingerprint density at radius 3 is 2.50 bits per heavy atom. The summed E-state index contributed by atoms with van der Waals surface area (Å²) in [6.45, 7) is 0.0924. The summed E-state index contributed by atoms with van der Waals surface area (Å²) < 4.78 is 5.51. The minimum atomic E-state index is 0.0175. The van der Waals surface area contributed by atoms with E-state index in [1.165, 1.54) is 19.3 Å². The van der Waals surface area contributed by atoms with Crippen LogP contribution in [0.1, 0.15) is 37.7 Å². The summed E-state index contributed by atoms with van der Waals surface area (Å²) in [6.07, 6.45) is 5.92. The first-order chi connectivity index (χ1) is 9.70. The van der Waals surface area contributed by atoms with Gasteiger partial charge in [-0.25, -0.2) is 0 Å². The van der Waals surface area contributed by atoms with E-state index in [0.717, 1.165) is 18.4 Å². The third-order valence-electron chi connectivity index (χ3n) is 3.98. The van der Waals surface area contributed by atoms with Gasteiger partial charge in [-0.3, -0.25) is 4.79 Å². The van der Waals surface area contributed by atoms with Gasteiger partial charge in [-0.1, -0.05) is 31.4 Å². The van der Waals surface area contributed by atoms with Crippen LogP contribution in [0.4, 0.5) is 0 Å². The molecule has 0 bridgehead atoms. The summed E-state index contributed by atoms with van der Waals surface area (Å²) in [5.41, 5.74) is 0.836. The maximum atomic E-state index is 12.1. The lowest BCUT2D eigenvalue weighted by Gasteiger charge is -2.31. The molecule has 0 atom stereocenters. The topological polar surface area (TPSA) is 49.8 Å². The molecule has 0 saturated heterocycles. The fourth-order valence-electron chi connectivity index (χ4n) is 2.61. The number of rotatable bonds is 5. The average Bonchev–Trinajstić information content (AvgIpc) is 2.53. The molecule has 1 fully saturated rings. The number of carbonyl (C=O) groups excluding carboxylic acids is 1. The lowest BCUT2D eigenvalue weighted by molar-refractivity contribution is -0.134. The van der Waals surface area contributed by atoms with Crippen LogP contribution in [-0.2, 0) is 11.4 Å². The molecule has 1 aromatic carbocycles. The van der Waals surface area contributed by atoms with Gasteiger partial charge in [0.25, 0.3) is 5.91 Å². The molecule has 0 radical (unpaired) electrons. The van der Waals surface area contributed by atoms with E-state index in [9.17, 15) is 4.79 Å². The highest BCUT2D eigenvalue weighted by molar-refractivity contribution is 5.77. The molecular weight excluding hydrogens is 254 g/mol. The fourth-order valence-corrected chi connectivity index (χ4v) is 2.61. The molecule has 1 aromatic rings. The smallest absolute Gasteiger partial charge is 0.260 e. The van der Waals surface area contributed by atoms with Gasteiger partial charge in [0.2, 0.25) is 0 Å². The second kappa shape index (κ2) is 7.29. The molecule has 1 amide bonds. The molecule has 20 heavy (non-hydrogen) atoms. The molecule has 110 valence electrons. The summed E-state index contributed by atoms with van der Waals surface area (Å²) in [5, 5.41) is 8.96. The van der Waals surface area contributed by atoms with Gasteiger partial charge in [0.15, 0.2) is 6.61 Å². The average molecular weight is 277 g/mol. The third kappa shape index (κ3) is 3.97. The summed E-state index contributed by atoms with van der Waals surface area (Å²) in [7, 11) is 1.87. The zero-order valence-corrected chi connectivity index (χ0v) is 12.0. The van der Waals surface area contributed by atoms with Crippen LogP contribution in [0.2, 0.25) is 0 Å². The zero-order chi connectivity index (χ0) is 14.4. The third-order valence-corrected chi connectivity index (χ3v) is 3.98. The van der Waals surface area contributed by atoms with Crippen LogP contribution in [-0.4, -0.2) is 35.6 Å². The molecule has 0 aliphatic heterocycles. The molecule has 1 N–H and O–H groups in total. The minimum absolute atomic E-state index is 0.0175. The zero-order valence-electron chi connectivity index (χ0n) is 12.0. The van der Waals surface area contributed by atoms with Crippen LogP contribution in [0.15, 0.2) is 24.3 Å². The molecule has 0 unspecified atom stereocenters. The standard InChI is InChI=1S/C16H23NO3/c1-17(14-5-3-2-4-6-14)16(19)12-20-15-9-7-13(11-18)8-10-15/h7-10,14,18H,2-6,11-12H2,1H3. The van der Waals surface area contributed by atoms with Crippen LogP contribution < -0.4 is 4.74 Å². The van der Waals surface area contributed by atoms with Crippen molar-refractivity contribution in [1.29, 1.82) is 0 Å². The van der Waals surface area contributed by atoms with E-state index < -0.39 is 0 Å². The highest BCUT2D eigenvalue weighted by atomic mass is 16.5. The monoisotopic (exact) mass is 277 g/mol. The predicted octanol–water partition coefficient (Wildman–Crippen LogP) is 2.35. The Kier molecular flexibility index (Phi) is 5.41. The highest BCUT2D eigenvalue weighted by Gasteiger charge is 2.22. The van der Waals surface area contributed by atoms with E-state index in [1.807, 2.05) is 11.9 Å². The van der Waals surface area contributed by atoms with Crippen LogP contribution >= 0.6 is 0 Å². The second-order valence-corrected chi connectivity index (χ2v) is 5.39. The summed E-state index contributed by atoms with van der Waals surface area (Å²) in [5.74, 6) is 0.690. The van der Waals surface area contributed by atoms with Gasteiger partial charge >= 0.3 is 0 Å². The number of aliphatic hydroxyl groups is 1. The summed E-state index contributed by atoms with van der Waals surface area (Å²) in [6, 6.07) is 7.52. The number of likely N-dealkylation sites (N-methyl/N-ethyl adjacent to an activating group) is 1. The molecule has 0 aromatic heterocycles. The van der Waals surface area contributed by atoms with Crippen molar-refractivity contribution in [3.63, 3.8) is 0 Å². The molecule has 0 heterocycles. The van der Waals surface area contributed by atoms with E-state index >= 15 is 0 Å². The molecule has 0 spiro atoms. The molecule has 4 heteroatoms. The Balaban J connectivity index is 1.81. The molecule has 1 saturated carbocycles. The first-order valence-corrected chi connectivity index (χ1v) is 7.29. The van der Waals surface area contributed by atoms with Gasteiger partial charge in [-0.2, -0.15) is 0 Å². The van der Waals surface area contributed by atoms with E-state index in [0.29, 0.717) is 11.8 Å². The van der Waals surface area contributed by atoms with E-state index in [4.69, 9.17) is 9.84 Å². The Bertz CT molecular complexity index is 424. The number of amides is 1. The number of aliphatic hydroxyl groups excluding tert-OH is 1. The van der Waals surface area contributed by atoms with Crippen molar-refractivity contribution in [3.05, 3.63) is 29.8 Å². The molecule has 2 rings (SSSR count). The first kappa shape index (κ1) is 14.9. The lowest BCUT2D eigenvalue weighted by Crippen LogP contribution is -2.40. The Morgan fingerprint density at radius 1 is 1.25 bits per heavy atom. The van der Waals surface area contributed by atoms with Crippen molar-refractivity contribution in [3.8, 4) is 5.75 Å². The van der Waals surface area contributed by atoms with Gasteiger partial charge in [-0.15, -0.1) is 0 Å². The Labute approximate surface area is 120 Å². The van der Waals surface area contributed by atoms with Gasteiger partial charge in [0.1, 0.15) is 5.75 Å². The van der Waals surface area contributed by atoms with Crippen molar-refractivity contribution < 1.29 is 14.6 Å². The minimum Gasteiger partial charge on any atom is -0.484 e. The van der Waals surface area contributed by atoms with Crippen LogP contribution in [0.5, 0.6) is 5.75 Å². The maximum absolute atomic E-state index is 12.1.